The van der Waals surface area contributed by atoms with Crippen LogP contribution in [0.2, 0.25) is 5.02 Å². The Morgan fingerprint density at radius 3 is 2.48 bits per heavy atom. The number of halogens is 1. The summed E-state index contributed by atoms with van der Waals surface area (Å²) < 4.78 is 15.3. The standard InChI is InChI=1S/C20H16ClN7O4S/c21-13-3-1-12(2-4-13)10-27-18(25-19(30)28(20(27)31)11-16(22)29)24-14-5-7-15(8-6-14)32-17-9-23-33-26-17/h1-9H,10-11H2,(H2,22,29)(H,24,25,30). The van der Waals surface area contributed by atoms with Crippen LogP contribution in [-0.4, -0.2) is 28.8 Å². The molecule has 11 nitrogen and oxygen atoms in total. The van der Waals surface area contributed by atoms with Crippen LogP contribution < -0.4 is 27.5 Å². The minimum Gasteiger partial charge on any atom is -0.437 e. The van der Waals surface area contributed by atoms with Crippen molar-refractivity contribution in [3.8, 4) is 11.6 Å². The van der Waals surface area contributed by atoms with Crippen molar-refractivity contribution in [2.24, 2.45) is 10.7 Å². The van der Waals surface area contributed by atoms with Gasteiger partial charge >= 0.3 is 11.4 Å². The average molecular weight is 486 g/mol. The molecule has 0 radical (unpaired) electrons. The van der Waals surface area contributed by atoms with E-state index in [0.29, 0.717) is 22.3 Å². The Bertz CT molecular complexity index is 1460. The van der Waals surface area contributed by atoms with Gasteiger partial charge in [-0.25, -0.2) is 19.1 Å². The molecule has 0 aliphatic heterocycles. The molecule has 13 heteroatoms. The maximum Gasteiger partial charge on any atom is 0.335 e. The highest BCUT2D eigenvalue weighted by Crippen LogP contribution is 2.22. The number of primary amides is 1. The molecule has 0 bridgehead atoms. The number of carbonyl (C=O) groups excluding carboxylic acids is 1. The number of aromatic nitrogens is 5. The molecule has 1 amide bonds. The van der Waals surface area contributed by atoms with Crippen molar-refractivity contribution in [3.05, 3.63) is 91.9 Å². The number of carbonyl (C=O) groups is 1. The van der Waals surface area contributed by atoms with E-state index in [9.17, 15) is 14.4 Å². The SMILES string of the molecule is NC(=O)Cn1c(=O)[nH]/c(=N\c2ccc(Oc3cnsn3)cc2)n(Cc2ccc(Cl)cc2)c1=O. The first-order chi connectivity index (χ1) is 15.9. The molecular formula is C20H16ClN7O4S. The summed E-state index contributed by atoms with van der Waals surface area (Å²) in [7, 11) is 0. The topological polar surface area (TPSA) is 150 Å². The lowest BCUT2D eigenvalue weighted by Gasteiger charge is -2.10. The molecule has 33 heavy (non-hydrogen) atoms. The summed E-state index contributed by atoms with van der Waals surface area (Å²) >= 11 is 6.96. The van der Waals surface area contributed by atoms with Crippen LogP contribution >= 0.6 is 23.3 Å². The second-order valence-electron chi connectivity index (χ2n) is 6.75. The van der Waals surface area contributed by atoms with Gasteiger partial charge in [0.25, 0.3) is 5.88 Å². The van der Waals surface area contributed by atoms with Crippen LogP contribution in [0.4, 0.5) is 5.69 Å². The van der Waals surface area contributed by atoms with Gasteiger partial charge in [0.1, 0.15) is 18.5 Å². The maximum atomic E-state index is 13.0. The molecule has 0 aliphatic rings. The van der Waals surface area contributed by atoms with Crippen molar-refractivity contribution in [2.75, 3.05) is 0 Å². The summed E-state index contributed by atoms with van der Waals surface area (Å²) in [5.74, 6) is 0.0604. The highest BCUT2D eigenvalue weighted by atomic mass is 35.5. The number of nitrogens with two attached hydrogens (primary N) is 1. The van der Waals surface area contributed by atoms with E-state index >= 15 is 0 Å². The molecule has 0 saturated heterocycles. The number of rotatable bonds is 7. The van der Waals surface area contributed by atoms with Gasteiger partial charge in [0.15, 0.2) is 0 Å². The van der Waals surface area contributed by atoms with Gasteiger partial charge in [0.05, 0.1) is 24.0 Å². The number of hydrogen-bond donors (Lipinski definition) is 2. The third-order valence-corrected chi connectivity index (χ3v) is 5.10. The van der Waals surface area contributed by atoms with Crippen LogP contribution in [0.3, 0.4) is 0 Å². The van der Waals surface area contributed by atoms with Gasteiger partial charge in [0.2, 0.25) is 11.5 Å². The van der Waals surface area contributed by atoms with Crippen LogP contribution in [-0.2, 0) is 17.9 Å². The van der Waals surface area contributed by atoms with Gasteiger partial charge < -0.3 is 10.5 Å². The Labute approximate surface area is 194 Å². The lowest BCUT2D eigenvalue weighted by molar-refractivity contribution is -0.118. The Kier molecular flexibility index (Phi) is 6.47. The molecule has 2 aromatic carbocycles. The number of H-pyrrole nitrogens is 1. The predicted molar refractivity (Wildman–Crippen MR) is 121 cm³/mol. The smallest absolute Gasteiger partial charge is 0.335 e. The third-order valence-electron chi connectivity index (χ3n) is 4.38. The van der Waals surface area contributed by atoms with Crippen LogP contribution in [0, 0.1) is 0 Å². The zero-order valence-electron chi connectivity index (χ0n) is 16.8. The molecule has 0 saturated carbocycles. The van der Waals surface area contributed by atoms with Crippen molar-refractivity contribution >= 4 is 34.9 Å². The van der Waals surface area contributed by atoms with E-state index in [2.05, 4.69) is 18.7 Å². The van der Waals surface area contributed by atoms with Crippen LogP contribution in [0.1, 0.15) is 5.56 Å². The second kappa shape index (κ2) is 9.63. The van der Waals surface area contributed by atoms with Crippen LogP contribution in [0.25, 0.3) is 0 Å². The Morgan fingerprint density at radius 1 is 1.12 bits per heavy atom. The normalized spacial score (nSPS) is 11.5. The molecular weight excluding hydrogens is 470 g/mol. The van der Waals surface area contributed by atoms with Crippen molar-refractivity contribution in [2.45, 2.75) is 13.1 Å². The molecule has 0 fully saturated rings. The summed E-state index contributed by atoms with van der Waals surface area (Å²) in [5.41, 5.74) is 4.83. The molecule has 0 spiro atoms. The van der Waals surface area contributed by atoms with E-state index in [1.54, 1.807) is 48.5 Å². The number of benzene rings is 2. The zero-order valence-corrected chi connectivity index (χ0v) is 18.4. The number of aromatic amines is 1. The van der Waals surface area contributed by atoms with E-state index in [1.165, 1.54) is 10.8 Å². The Morgan fingerprint density at radius 2 is 1.85 bits per heavy atom. The first kappa shape index (κ1) is 22.2. The average Bonchev–Trinajstić information content (AvgIpc) is 3.29. The molecule has 0 atom stereocenters. The first-order valence-electron chi connectivity index (χ1n) is 9.46. The maximum absolute atomic E-state index is 13.0. The second-order valence-corrected chi connectivity index (χ2v) is 7.75. The Balaban J connectivity index is 1.76. The van der Waals surface area contributed by atoms with Gasteiger partial charge in [-0.15, -0.1) is 4.37 Å². The third kappa shape index (κ3) is 5.42. The number of nitrogens with zero attached hydrogens (tertiary/aromatic N) is 5. The fourth-order valence-electron chi connectivity index (χ4n) is 2.89. The molecule has 3 N–H and O–H groups in total. The number of hydrogen-bond acceptors (Lipinski definition) is 8. The molecule has 0 unspecified atom stereocenters. The van der Waals surface area contributed by atoms with E-state index in [1.807, 2.05) is 0 Å². The fraction of sp³-hybridized carbons (Fsp3) is 0.100. The summed E-state index contributed by atoms with van der Waals surface area (Å²) in [5, 5.41) is 0.539. The first-order valence-corrected chi connectivity index (χ1v) is 10.6. The van der Waals surface area contributed by atoms with Crippen LogP contribution in [0.5, 0.6) is 11.6 Å². The summed E-state index contributed by atoms with van der Waals surface area (Å²) in [6.07, 6.45) is 1.49. The van der Waals surface area contributed by atoms with Crippen molar-refractivity contribution in [1.82, 2.24) is 22.9 Å². The largest absolute Gasteiger partial charge is 0.437 e. The van der Waals surface area contributed by atoms with Gasteiger partial charge in [-0.2, -0.15) is 4.37 Å². The van der Waals surface area contributed by atoms with Crippen molar-refractivity contribution < 1.29 is 9.53 Å². The summed E-state index contributed by atoms with van der Waals surface area (Å²) in [6, 6.07) is 13.5. The number of nitrogens with one attached hydrogen (secondary N) is 1. The fourth-order valence-corrected chi connectivity index (χ4v) is 3.36. The predicted octanol–water partition coefficient (Wildman–Crippen LogP) is 1.40. The van der Waals surface area contributed by atoms with Gasteiger partial charge in [-0.1, -0.05) is 23.7 Å². The molecule has 2 heterocycles. The van der Waals surface area contributed by atoms with E-state index in [4.69, 9.17) is 22.1 Å². The number of ether oxygens (including phenoxy) is 1. The molecule has 168 valence electrons. The van der Waals surface area contributed by atoms with E-state index in [0.717, 1.165) is 21.9 Å². The minimum absolute atomic E-state index is 0.00181. The molecule has 0 aliphatic carbocycles. The van der Waals surface area contributed by atoms with Gasteiger partial charge in [-0.3, -0.25) is 14.3 Å². The quantitative estimate of drug-likeness (QED) is 0.404. The van der Waals surface area contributed by atoms with Gasteiger partial charge in [-0.05, 0) is 42.0 Å². The van der Waals surface area contributed by atoms with Crippen molar-refractivity contribution in [1.29, 1.82) is 0 Å². The Hall–Kier alpha value is -4.03. The zero-order chi connectivity index (χ0) is 23.4. The highest BCUT2D eigenvalue weighted by Gasteiger charge is 2.12. The van der Waals surface area contributed by atoms with Crippen molar-refractivity contribution in [3.63, 3.8) is 0 Å². The lowest BCUT2D eigenvalue weighted by Crippen LogP contribution is -2.51. The molecule has 4 rings (SSSR count). The molecule has 2 aromatic heterocycles. The van der Waals surface area contributed by atoms with Gasteiger partial charge in [0, 0.05) is 5.02 Å². The van der Waals surface area contributed by atoms with E-state index < -0.39 is 23.8 Å². The highest BCUT2D eigenvalue weighted by molar-refractivity contribution is 6.99. The summed E-state index contributed by atoms with van der Waals surface area (Å²) in [6.45, 7) is -0.491. The van der Waals surface area contributed by atoms with E-state index in [-0.39, 0.29) is 12.2 Å². The minimum atomic E-state index is -0.823. The summed E-state index contributed by atoms with van der Waals surface area (Å²) in [4.78, 5) is 43.8. The lowest BCUT2D eigenvalue weighted by atomic mass is 10.2. The molecule has 4 aromatic rings. The monoisotopic (exact) mass is 485 g/mol. The van der Waals surface area contributed by atoms with Crippen LogP contribution in [0.15, 0.2) is 69.3 Å². The number of amides is 1.